The summed E-state index contributed by atoms with van der Waals surface area (Å²) in [5, 5.41) is 1.21. The van der Waals surface area contributed by atoms with Gasteiger partial charge in [-0.15, -0.1) is 0 Å². The summed E-state index contributed by atoms with van der Waals surface area (Å²) in [4.78, 5) is 26.5. The van der Waals surface area contributed by atoms with Gasteiger partial charge in [0, 0.05) is 24.2 Å². The predicted octanol–water partition coefficient (Wildman–Crippen LogP) is 6.10. The summed E-state index contributed by atoms with van der Waals surface area (Å²) in [5.74, 6) is -0.743. The van der Waals surface area contributed by atoms with Crippen LogP contribution in [-0.2, 0) is 22.6 Å². The summed E-state index contributed by atoms with van der Waals surface area (Å²) in [7, 11) is 2.78. The molecule has 31 heavy (non-hydrogen) atoms. The first-order chi connectivity index (χ1) is 14.8. The number of nitrogens with zero attached hydrogens (tertiary/aromatic N) is 1. The van der Waals surface area contributed by atoms with Gasteiger partial charge in [-0.2, -0.15) is 0 Å². The van der Waals surface area contributed by atoms with Crippen LogP contribution in [0.15, 0.2) is 47.3 Å². The highest BCUT2D eigenvalue weighted by atomic mass is 35.5. The van der Waals surface area contributed by atoms with E-state index in [0.29, 0.717) is 49.7 Å². The predicted molar refractivity (Wildman–Crippen MR) is 124 cm³/mol. The molecule has 0 bridgehead atoms. The molecule has 0 fully saturated rings. The molecule has 0 aliphatic heterocycles. The van der Waals surface area contributed by atoms with E-state index in [4.69, 9.17) is 44.3 Å². The van der Waals surface area contributed by atoms with Gasteiger partial charge in [0.25, 0.3) is 0 Å². The Labute approximate surface area is 195 Å². The number of methoxy groups -OCH3 is 2. The second kappa shape index (κ2) is 9.88. The van der Waals surface area contributed by atoms with Gasteiger partial charge in [-0.1, -0.05) is 53.0 Å². The topological polar surface area (TPSA) is 57.5 Å². The quantitative estimate of drug-likeness (QED) is 0.400. The largest absolute Gasteiger partial charge is 0.465 e. The van der Waals surface area contributed by atoms with Gasteiger partial charge in [-0.05, 0) is 36.8 Å². The minimum atomic E-state index is -0.743. The maximum Gasteiger partial charge on any atom is 0.344 e. The van der Waals surface area contributed by atoms with Gasteiger partial charge in [0.05, 0.1) is 40.7 Å². The molecule has 0 unspecified atom stereocenters. The Morgan fingerprint density at radius 3 is 2.16 bits per heavy atom. The van der Waals surface area contributed by atoms with Gasteiger partial charge in [0.1, 0.15) is 5.56 Å². The average molecular weight is 481 g/mol. The molecule has 5 nitrogen and oxygen atoms in total. The summed E-state index contributed by atoms with van der Waals surface area (Å²) in [5.41, 5.74) is 1.99. The van der Waals surface area contributed by atoms with Crippen LogP contribution >= 0.6 is 34.8 Å². The number of ether oxygens (including phenoxy) is 2. The fourth-order valence-electron chi connectivity index (χ4n) is 3.55. The van der Waals surface area contributed by atoms with E-state index in [9.17, 15) is 9.59 Å². The first kappa shape index (κ1) is 23.4. The molecule has 0 spiro atoms. The van der Waals surface area contributed by atoms with Crippen molar-refractivity contribution in [3.63, 3.8) is 0 Å². The van der Waals surface area contributed by atoms with E-state index in [1.807, 2.05) is 11.5 Å². The number of hydrogen-bond donors (Lipinski definition) is 0. The molecular weight excluding hydrogens is 461 g/mol. The van der Waals surface area contributed by atoms with Crippen LogP contribution in [-0.4, -0.2) is 24.8 Å². The molecular formula is C23H20Cl3NO4. The van der Waals surface area contributed by atoms with E-state index in [-0.39, 0.29) is 12.2 Å². The van der Waals surface area contributed by atoms with Crippen molar-refractivity contribution in [1.82, 2.24) is 4.57 Å². The molecule has 162 valence electrons. The Morgan fingerprint density at radius 1 is 0.968 bits per heavy atom. The highest BCUT2D eigenvalue weighted by molar-refractivity contribution is 6.42. The van der Waals surface area contributed by atoms with Crippen molar-refractivity contribution in [3.05, 3.63) is 79.0 Å². The van der Waals surface area contributed by atoms with Gasteiger partial charge in [-0.3, -0.25) is 4.79 Å². The van der Waals surface area contributed by atoms with Crippen molar-refractivity contribution >= 4 is 40.8 Å². The number of pyridine rings is 1. The summed E-state index contributed by atoms with van der Waals surface area (Å²) in [6.07, 6.45) is 0. The summed E-state index contributed by atoms with van der Waals surface area (Å²) in [6, 6.07) is 11.8. The number of carbonyl (C=O) groups is 1. The Balaban J connectivity index is 2.51. The van der Waals surface area contributed by atoms with Crippen LogP contribution in [0.2, 0.25) is 15.1 Å². The molecule has 8 heteroatoms. The van der Waals surface area contributed by atoms with E-state index in [2.05, 4.69) is 0 Å². The molecule has 0 aliphatic rings. The Bertz CT molecular complexity index is 1190. The highest BCUT2D eigenvalue weighted by Gasteiger charge is 2.28. The maximum absolute atomic E-state index is 13.7. The molecule has 3 aromatic rings. The van der Waals surface area contributed by atoms with Crippen molar-refractivity contribution < 1.29 is 14.3 Å². The average Bonchev–Trinajstić information content (AvgIpc) is 2.76. The van der Waals surface area contributed by atoms with Gasteiger partial charge in [-0.25, -0.2) is 4.79 Å². The number of aromatic nitrogens is 1. The van der Waals surface area contributed by atoms with Gasteiger partial charge >= 0.3 is 5.97 Å². The zero-order chi connectivity index (χ0) is 22.7. The minimum Gasteiger partial charge on any atom is -0.465 e. The molecule has 0 aliphatic carbocycles. The lowest BCUT2D eigenvalue weighted by molar-refractivity contribution is 0.0599. The van der Waals surface area contributed by atoms with Crippen LogP contribution < -0.4 is 5.43 Å². The number of carbonyl (C=O) groups excluding carboxylic acids is 1. The molecule has 2 aromatic carbocycles. The Hall–Kier alpha value is -2.31. The molecule has 0 radical (unpaired) electrons. The number of halogens is 3. The number of hydrogen-bond acceptors (Lipinski definition) is 4. The standard InChI is InChI=1S/C23H20Cl3NO4/c1-4-27-18(12-30-2)19(13-5-8-15(24)9-6-13)22(28)20(23(29)31-3)21(27)14-7-10-16(25)17(26)11-14/h5-11H,4,12H2,1-3H3. The third-order valence-electron chi connectivity index (χ3n) is 4.89. The Kier molecular flexibility index (Phi) is 7.44. The molecule has 0 amide bonds. The zero-order valence-corrected chi connectivity index (χ0v) is 19.4. The van der Waals surface area contributed by atoms with Crippen LogP contribution in [0.5, 0.6) is 0 Å². The molecule has 0 atom stereocenters. The summed E-state index contributed by atoms with van der Waals surface area (Å²) in [6.45, 7) is 2.52. The van der Waals surface area contributed by atoms with Crippen molar-refractivity contribution in [2.45, 2.75) is 20.1 Å². The summed E-state index contributed by atoms with van der Waals surface area (Å²) >= 11 is 18.3. The van der Waals surface area contributed by atoms with Gasteiger partial charge in [0.15, 0.2) is 0 Å². The van der Waals surface area contributed by atoms with Crippen molar-refractivity contribution in [2.75, 3.05) is 14.2 Å². The molecule has 3 rings (SSSR count). The van der Waals surface area contributed by atoms with Crippen LogP contribution in [0.1, 0.15) is 23.0 Å². The van der Waals surface area contributed by atoms with Crippen molar-refractivity contribution in [2.24, 2.45) is 0 Å². The monoisotopic (exact) mass is 479 g/mol. The highest BCUT2D eigenvalue weighted by Crippen LogP contribution is 2.34. The van der Waals surface area contributed by atoms with Crippen molar-refractivity contribution in [3.8, 4) is 22.4 Å². The smallest absolute Gasteiger partial charge is 0.344 e. The van der Waals surface area contributed by atoms with E-state index >= 15 is 0 Å². The van der Waals surface area contributed by atoms with E-state index in [1.54, 1.807) is 49.6 Å². The minimum absolute atomic E-state index is 0.0902. The number of rotatable bonds is 6. The molecule has 0 N–H and O–H groups in total. The fourth-order valence-corrected chi connectivity index (χ4v) is 3.98. The van der Waals surface area contributed by atoms with Crippen LogP contribution in [0, 0.1) is 0 Å². The number of benzene rings is 2. The SMILES string of the molecule is CCn1c(COC)c(-c2ccc(Cl)cc2)c(=O)c(C(=O)OC)c1-c1ccc(Cl)c(Cl)c1. The second-order valence-corrected chi connectivity index (χ2v) is 7.93. The van der Waals surface area contributed by atoms with Crippen LogP contribution in [0.25, 0.3) is 22.4 Å². The lowest BCUT2D eigenvalue weighted by Crippen LogP contribution is -2.27. The van der Waals surface area contributed by atoms with Crippen LogP contribution in [0.3, 0.4) is 0 Å². The number of esters is 1. The van der Waals surface area contributed by atoms with Gasteiger partial charge in [0.2, 0.25) is 5.43 Å². The second-order valence-electron chi connectivity index (χ2n) is 6.68. The van der Waals surface area contributed by atoms with Crippen LogP contribution in [0.4, 0.5) is 0 Å². The molecule has 0 saturated carbocycles. The maximum atomic E-state index is 13.7. The van der Waals surface area contributed by atoms with Crippen molar-refractivity contribution in [1.29, 1.82) is 0 Å². The summed E-state index contributed by atoms with van der Waals surface area (Å²) < 4.78 is 12.3. The molecule has 0 saturated heterocycles. The molecule has 1 aromatic heterocycles. The van der Waals surface area contributed by atoms with E-state index < -0.39 is 11.4 Å². The Morgan fingerprint density at radius 2 is 1.61 bits per heavy atom. The third kappa shape index (κ3) is 4.51. The third-order valence-corrected chi connectivity index (χ3v) is 5.88. The lowest BCUT2D eigenvalue weighted by Gasteiger charge is -2.23. The normalized spacial score (nSPS) is 10.9. The van der Waals surface area contributed by atoms with E-state index in [1.165, 1.54) is 7.11 Å². The fraction of sp³-hybridized carbons (Fsp3) is 0.217. The van der Waals surface area contributed by atoms with Gasteiger partial charge < -0.3 is 14.0 Å². The molecule has 1 heterocycles. The first-order valence-electron chi connectivity index (χ1n) is 9.42. The zero-order valence-electron chi connectivity index (χ0n) is 17.2. The lowest BCUT2D eigenvalue weighted by atomic mass is 9.96. The van der Waals surface area contributed by atoms with E-state index in [0.717, 1.165) is 0 Å². The first-order valence-corrected chi connectivity index (χ1v) is 10.6.